The summed E-state index contributed by atoms with van der Waals surface area (Å²) in [7, 11) is 3.15. The molecule has 0 saturated heterocycles. The van der Waals surface area contributed by atoms with Gasteiger partial charge in [-0.1, -0.05) is 17.7 Å². The van der Waals surface area contributed by atoms with Crippen LogP contribution in [0.5, 0.6) is 5.88 Å². The zero-order chi connectivity index (χ0) is 24.9. The first-order valence-electron chi connectivity index (χ1n) is 10.6. The molecule has 0 spiro atoms. The van der Waals surface area contributed by atoms with Crippen LogP contribution >= 0.6 is 22.9 Å². The van der Waals surface area contributed by atoms with Gasteiger partial charge in [0.25, 0.3) is 0 Å². The van der Waals surface area contributed by atoms with E-state index < -0.39 is 11.9 Å². The Kier molecular flexibility index (Phi) is 7.48. The molecule has 0 aliphatic rings. The van der Waals surface area contributed by atoms with Crippen molar-refractivity contribution in [3.05, 3.63) is 71.1 Å². The van der Waals surface area contributed by atoms with Crippen LogP contribution in [-0.4, -0.2) is 41.1 Å². The van der Waals surface area contributed by atoms with Crippen LogP contribution < -0.4 is 9.64 Å². The molecule has 1 atom stereocenters. The first kappa shape index (κ1) is 24.4. The molecular formula is C25H22ClN3O5S. The third-order valence-electron chi connectivity index (χ3n) is 5.42. The minimum atomic E-state index is -1.06. The number of aliphatic carboxylic acids is 1. The van der Waals surface area contributed by atoms with Crippen LogP contribution in [0.25, 0.3) is 22.4 Å². The Hall–Kier alpha value is -3.69. The van der Waals surface area contributed by atoms with Crippen molar-refractivity contribution in [2.75, 3.05) is 19.1 Å². The largest absolute Gasteiger partial charge is 0.481 e. The van der Waals surface area contributed by atoms with Crippen LogP contribution in [0.4, 0.5) is 5.13 Å². The van der Waals surface area contributed by atoms with E-state index in [2.05, 4.69) is 9.97 Å². The topological polar surface area (TPSA) is 106 Å². The molecule has 0 saturated carbocycles. The van der Waals surface area contributed by atoms with Crippen molar-refractivity contribution in [1.82, 2.24) is 9.97 Å². The standard InChI is InChI=1S/C25H22ClN3O5S/c1-29(24(32)16(11-23(30)31)10-18-4-3-9-34-18)25-28-21(14-35-25)20-12-17(26)6-7-19(20)15-5-8-22(33-2)27-13-15/h3-9,12-14,16H,10-11H2,1-2H3,(H,30,31)/t16-/m1/s1. The molecule has 3 aromatic heterocycles. The van der Waals surface area contributed by atoms with E-state index in [1.54, 1.807) is 44.6 Å². The van der Waals surface area contributed by atoms with Crippen LogP contribution in [0.1, 0.15) is 12.2 Å². The monoisotopic (exact) mass is 511 g/mol. The number of rotatable bonds is 9. The van der Waals surface area contributed by atoms with Gasteiger partial charge >= 0.3 is 5.97 Å². The molecule has 0 aliphatic carbocycles. The Bertz CT molecular complexity index is 1320. The number of ether oxygens (including phenoxy) is 1. The van der Waals surface area contributed by atoms with E-state index >= 15 is 0 Å². The molecular weight excluding hydrogens is 490 g/mol. The molecule has 0 bridgehead atoms. The zero-order valence-corrected chi connectivity index (χ0v) is 20.5. The Labute approximate surface area is 210 Å². The second-order valence-corrected chi connectivity index (χ2v) is 9.04. The molecule has 8 nitrogen and oxygen atoms in total. The molecule has 1 aromatic carbocycles. The maximum atomic E-state index is 13.2. The number of carbonyl (C=O) groups excluding carboxylic acids is 1. The van der Waals surface area contributed by atoms with Crippen LogP contribution in [0.15, 0.2) is 64.7 Å². The molecule has 1 N–H and O–H groups in total. The number of aromatic nitrogens is 2. The molecule has 0 aliphatic heterocycles. The van der Waals surface area contributed by atoms with E-state index in [9.17, 15) is 14.7 Å². The number of pyridine rings is 1. The lowest BCUT2D eigenvalue weighted by Crippen LogP contribution is -2.35. The van der Waals surface area contributed by atoms with Gasteiger partial charge in [0.05, 0.1) is 31.4 Å². The first-order chi connectivity index (χ1) is 16.9. The lowest BCUT2D eigenvalue weighted by molar-refractivity contribution is -0.140. The van der Waals surface area contributed by atoms with Gasteiger partial charge in [-0.3, -0.25) is 14.5 Å². The number of amides is 1. The summed E-state index contributed by atoms with van der Waals surface area (Å²) in [5.41, 5.74) is 3.15. The van der Waals surface area contributed by atoms with Crippen molar-refractivity contribution in [1.29, 1.82) is 0 Å². The number of anilines is 1. The van der Waals surface area contributed by atoms with Gasteiger partial charge in [-0.05, 0) is 35.9 Å². The SMILES string of the molecule is COc1ccc(-c2ccc(Cl)cc2-c2csc(N(C)C(=O)[C@@H](CC(=O)O)Cc3ccco3)n2)cn1. The maximum absolute atomic E-state index is 13.2. The molecule has 3 heterocycles. The summed E-state index contributed by atoms with van der Waals surface area (Å²) < 4.78 is 10.5. The number of carboxylic acids is 1. The number of carboxylic acid groups (broad SMARTS) is 1. The molecule has 0 unspecified atom stereocenters. The van der Waals surface area contributed by atoms with E-state index in [-0.39, 0.29) is 18.7 Å². The number of carbonyl (C=O) groups is 2. The summed E-state index contributed by atoms with van der Waals surface area (Å²) in [4.78, 5) is 34.9. The average molecular weight is 512 g/mol. The highest BCUT2D eigenvalue weighted by molar-refractivity contribution is 7.14. The minimum absolute atomic E-state index is 0.184. The number of methoxy groups -OCH3 is 1. The maximum Gasteiger partial charge on any atom is 0.304 e. The average Bonchev–Trinajstić information content (AvgIpc) is 3.55. The van der Waals surface area contributed by atoms with Gasteiger partial charge < -0.3 is 14.3 Å². The Morgan fingerprint density at radius 1 is 1.23 bits per heavy atom. The fourth-order valence-electron chi connectivity index (χ4n) is 3.68. The summed E-state index contributed by atoms with van der Waals surface area (Å²) in [6.07, 6.45) is 3.07. The van der Waals surface area contributed by atoms with Gasteiger partial charge in [0, 0.05) is 47.3 Å². The van der Waals surface area contributed by atoms with Crippen LogP contribution in [0.3, 0.4) is 0 Å². The normalized spacial score (nSPS) is 11.7. The Morgan fingerprint density at radius 3 is 2.71 bits per heavy atom. The second kappa shape index (κ2) is 10.7. The van der Waals surface area contributed by atoms with Crippen LogP contribution in [-0.2, 0) is 16.0 Å². The molecule has 4 rings (SSSR count). The highest BCUT2D eigenvalue weighted by Crippen LogP contribution is 2.36. The van der Waals surface area contributed by atoms with Crippen molar-refractivity contribution < 1.29 is 23.8 Å². The van der Waals surface area contributed by atoms with Gasteiger partial charge in [0.15, 0.2) is 5.13 Å². The predicted molar refractivity (Wildman–Crippen MR) is 134 cm³/mol. The van der Waals surface area contributed by atoms with Crippen molar-refractivity contribution in [2.45, 2.75) is 12.8 Å². The number of nitrogens with zero attached hydrogens (tertiary/aromatic N) is 3. The summed E-state index contributed by atoms with van der Waals surface area (Å²) in [6, 6.07) is 12.6. The quantitative estimate of drug-likeness (QED) is 0.319. The number of furan rings is 1. The van der Waals surface area contributed by atoms with Crippen molar-refractivity contribution in [3.8, 4) is 28.3 Å². The molecule has 35 heavy (non-hydrogen) atoms. The third kappa shape index (κ3) is 5.70. The Morgan fingerprint density at radius 2 is 2.06 bits per heavy atom. The van der Waals surface area contributed by atoms with Crippen molar-refractivity contribution >= 4 is 39.9 Å². The van der Waals surface area contributed by atoms with Crippen molar-refractivity contribution in [3.63, 3.8) is 0 Å². The lowest BCUT2D eigenvalue weighted by Gasteiger charge is -2.20. The molecule has 1 amide bonds. The summed E-state index contributed by atoms with van der Waals surface area (Å²) in [6.45, 7) is 0. The van der Waals surface area contributed by atoms with E-state index in [0.717, 1.165) is 16.7 Å². The van der Waals surface area contributed by atoms with Gasteiger partial charge in [-0.2, -0.15) is 0 Å². The fourth-order valence-corrected chi connectivity index (χ4v) is 4.65. The van der Waals surface area contributed by atoms with Crippen LogP contribution in [0.2, 0.25) is 5.02 Å². The number of halogens is 1. The summed E-state index contributed by atoms with van der Waals surface area (Å²) >= 11 is 7.58. The summed E-state index contributed by atoms with van der Waals surface area (Å²) in [5.74, 6) is -1.14. The molecule has 4 aromatic rings. The summed E-state index contributed by atoms with van der Waals surface area (Å²) in [5, 5.41) is 12.2. The second-order valence-electron chi connectivity index (χ2n) is 7.77. The third-order valence-corrected chi connectivity index (χ3v) is 6.57. The fraction of sp³-hybridized carbons (Fsp3) is 0.200. The molecule has 0 radical (unpaired) electrons. The van der Waals surface area contributed by atoms with E-state index in [0.29, 0.717) is 27.5 Å². The van der Waals surface area contributed by atoms with Crippen LogP contribution in [0, 0.1) is 5.92 Å². The Balaban J connectivity index is 1.62. The first-order valence-corrected chi connectivity index (χ1v) is 11.9. The molecule has 180 valence electrons. The van der Waals surface area contributed by atoms with Crippen molar-refractivity contribution in [2.24, 2.45) is 5.92 Å². The molecule has 0 fully saturated rings. The van der Waals surface area contributed by atoms with E-state index in [1.807, 2.05) is 23.6 Å². The zero-order valence-electron chi connectivity index (χ0n) is 19.0. The number of hydrogen-bond donors (Lipinski definition) is 1. The smallest absolute Gasteiger partial charge is 0.304 e. The number of hydrogen-bond acceptors (Lipinski definition) is 7. The minimum Gasteiger partial charge on any atom is -0.481 e. The van der Waals surface area contributed by atoms with Gasteiger partial charge in [-0.15, -0.1) is 11.3 Å². The number of benzene rings is 1. The molecule has 10 heteroatoms. The number of thiazole rings is 1. The van der Waals surface area contributed by atoms with E-state index in [4.69, 9.17) is 20.8 Å². The lowest BCUT2D eigenvalue weighted by atomic mass is 9.98. The predicted octanol–water partition coefficient (Wildman–Crippen LogP) is 5.42. The van der Waals surface area contributed by atoms with E-state index in [1.165, 1.54) is 22.5 Å². The van der Waals surface area contributed by atoms with Gasteiger partial charge in [0.1, 0.15) is 5.76 Å². The highest BCUT2D eigenvalue weighted by Gasteiger charge is 2.28. The highest BCUT2D eigenvalue weighted by atomic mass is 35.5. The van der Waals surface area contributed by atoms with Gasteiger partial charge in [-0.25, -0.2) is 9.97 Å². The van der Waals surface area contributed by atoms with Gasteiger partial charge in [0.2, 0.25) is 11.8 Å².